The molecule has 7 rings (SSSR count). The number of fused-ring (bicyclic) bond motifs is 3. The molecular weight excluding hydrogens is 594 g/mol. The Bertz CT molecular complexity index is 2020. The zero-order valence-electron chi connectivity index (χ0n) is 23.8. The molecule has 0 unspecified atom stereocenters. The number of hydrogen-bond donors (Lipinski definition) is 2. The number of benzene rings is 2. The number of nitrogens with one attached hydrogen (secondary N) is 1. The molecule has 0 aliphatic carbocycles. The summed E-state index contributed by atoms with van der Waals surface area (Å²) in [6.45, 7) is 4.74. The first-order valence-electron chi connectivity index (χ1n) is 14.2. The van der Waals surface area contributed by atoms with Crippen LogP contribution in [0.5, 0.6) is 11.8 Å². The van der Waals surface area contributed by atoms with Crippen molar-refractivity contribution in [1.82, 2.24) is 25.1 Å². The maximum absolute atomic E-state index is 15.1. The van der Waals surface area contributed by atoms with E-state index < -0.39 is 23.2 Å². The van der Waals surface area contributed by atoms with Gasteiger partial charge in [-0.25, -0.2) is 13.6 Å². The molecule has 2 fully saturated rings. The van der Waals surface area contributed by atoms with Crippen LogP contribution in [-0.2, 0) is 0 Å². The fourth-order valence-electron chi connectivity index (χ4n) is 6.49. The van der Waals surface area contributed by atoms with Crippen LogP contribution >= 0.6 is 11.6 Å². The quantitative estimate of drug-likeness (QED) is 0.233. The van der Waals surface area contributed by atoms with Gasteiger partial charge in [0.05, 0.1) is 11.1 Å². The van der Waals surface area contributed by atoms with Gasteiger partial charge in [0, 0.05) is 29.5 Å². The standard InChI is InChI=1S/C31H27ClF2N6O4/c1-15-9-22(38-39-27(15)32)35-28-24-25(36-30(37-28)43-14-31-7-4-8-40(31)13-18(33)12-31)16(2)26(44-29(24)42)20-11-19(41)10-17-5-3-6-21(34)23(17)20/h3,5-6,9-11,18,41H,4,7-8,12-14H2,1-2H3,(H,35,36,37,38)/t18-,31+/m1/s1. The number of anilines is 2. The molecule has 44 heavy (non-hydrogen) atoms. The van der Waals surface area contributed by atoms with Gasteiger partial charge in [-0.3, -0.25) is 4.90 Å². The van der Waals surface area contributed by atoms with Gasteiger partial charge in [0.25, 0.3) is 0 Å². The second kappa shape index (κ2) is 10.6. The van der Waals surface area contributed by atoms with Gasteiger partial charge >= 0.3 is 11.6 Å². The van der Waals surface area contributed by atoms with Crippen LogP contribution in [0.1, 0.15) is 30.4 Å². The van der Waals surface area contributed by atoms with Crippen LogP contribution in [0.3, 0.4) is 0 Å². The van der Waals surface area contributed by atoms with Crippen LogP contribution in [0.2, 0.25) is 5.15 Å². The first-order chi connectivity index (χ1) is 21.1. The van der Waals surface area contributed by atoms with E-state index in [1.54, 1.807) is 26.0 Å². The van der Waals surface area contributed by atoms with Gasteiger partial charge in [0.2, 0.25) is 0 Å². The van der Waals surface area contributed by atoms with Gasteiger partial charge in [0.1, 0.15) is 35.5 Å². The predicted octanol–water partition coefficient (Wildman–Crippen LogP) is 6.01. The highest BCUT2D eigenvalue weighted by Crippen LogP contribution is 2.41. The summed E-state index contributed by atoms with van der Waals surface area (Å²) in [5, 5.41) is 22.3. The molecule has 0 bridgehead atoms. The van der Waals surface area contributed by atoms with Crippen LogP contribution in [0, 0.1) is 19.7 Å². The average molecular weight is 621 g/mol. The molecule has 0 spiro atoms. The summed E-state index contributed by atoms with van der Waals surface area (Å²) in [5.41, 5.74) is 0.129. The fourth-order valence-corrected chi connectivity index (χ4v) is 6.58. The smallest absolute Gasteiger partial charge is 0.349 e. The molecule has 226 valence electrons. The van der Waals surface area contributed by atoms with E-state index in [-0.39, 0.29) is 62.8 Å². The lowest BCUT2D eigenvalue weighted by molar-refractivity contribution is 0.107. The van der Waals surface area contributed by atoms with Crippen molar-refractivity contribution in [2.45, 2.75) is 44.8 Å². The van der Waals surface area contributed by atoms with Crippen molar-refractivity contribution >= 4 is 44.9 Å². The van der Waals surface area contributed by atoms with E-state index >= 15 is 4.39 Å². The molecule has 10 nitrogen and oxygen atoms in total. The van der Waals surface area contributed by atoms with Crippen molar-refractivity contribution in [3.8, 4) is 23.1 Å². The van der Waals surface area contributed by atoms with Gasteiger partial charge in [-0.05, 0) is 68.4 Å². The summed E-state index contributed by atoms with van der Waals surface area (Å²) < 4.78 is 41.5. The Labute approximate surface area is 254 Å². The van der Waals surface area contributed by atoms with Crippen molar-refractivity contribution in [2.75, 3.05) is 25.0 Å². The molecule has 0 saturated carbocycles. The minimum Gasteiger partial charge on any atom is -0.508 e. The molecule has 0 amide bonds. The molecule has 2 aliphatic heterocycles. The van der Waals surface area contributed by atoms with Crippen LogP contribution in [0.15, 0.2) is 45.6 Å². The van der Waals surface area contributed by atoms with Crippen molar-refractivity contribution < 1.29 is 23.0 Å². The van der Waals surface area contributed by atoms with Gasteiger partial charge in [-0.1, -0.05) is 23.7 Å². The molecule has 2 aliphatic rings. The summed E-state index contributed by atoms with van der Waals surface area (Å²) in [5.74, 6) is -0.339. The minimum atomic E-state index is -0.938. The number of ether oxygens (including phenoxy) is 1. The third kappa shape index (κ3) is 4.78. The number of halogens is 3. The first kappa shape index (κ1) is 28.4. The van der Waals surface area contributed by atoms with E-state index in [1.165, 1.54) is 24.3 Å². The number of aromatic nitrogens is 4. The highest BCUT2D eigenvalue weighted by molar-refractivity contribution is 6.30. The number of rotatable bonds is 6. The molecule has 2 aromatic carbocycles. The summed E-state index contributed by atoms with van der Waals surface area (Å²) in [4.78, 5) is 24.9. The molecule has 2 atom stereocenters. The lowest BCUT2D eigenvalue weighted by atomic mass is 9.95. The summed E-state index contributed by atoms with van der Waals surface area (Å²) in [6.07, 6.45) is 1.14. The van der Waals surface area contributed by atoms with Crippen LogP contribution in [0.4, 0.5) is 20.4 Å². The van der Waals surface area contributed by atoms with E-state index in [0.29, 0.717) is 29.5 Å². The second-order valence-electron chi connectivity index (χ2n) is 11.4. The summed E-state index contributed by atoms with van der Waals surface area (Å²) in [7, 11) is 0. The Balaban J connectivity index is 1.40. The van der Waals surface area contributed by atoms with Crippen molar-refractivity contribution in [2.24, 2.45) is 0 Å². The Morgan fingerprint density at radius 1 is 1.20 bits per heavy atom. The molecular formula is C31H27ClF2N6O4. The summed E-state index contributed by atoms with van der Waals surface area (Å²) in [6, 6.07) is 8.84. The molecule has 5 heterocycles. The van der Waals surface area contributed by atoms with E-state index in [0.717, 1.165) is 19.4 Å². The molecule has 2 N–H and O–H groups in total. The number of aryl methyl sites for hydroxylation is 2. The maximum atomic E-state index is 15.1. The number of nitrogens with zero attached hydrogens (tertiary/aromatic N) is 5. The molecule has 0 radical (unpaired) electrons. The Hall–Kier alpha value is -4.42. The van der Waals surface area contributed by atoms with E-state index in [4.69, 9.17) is 20.8 Å². The Kier molecular flexibility index (Phi) is 6.85. The first-order valence-corrected chi connectivity index (χ1v) is 14.6. The van der Waals surface area contributed by atoms with Crippen LogP contribution < -0.4 is 15.7 Å². The molecule has 3 aromatic heterocycles. The van der Waals surface area contributed by atoms with Crippen LogP contribution in [-0.4, -0.2) is 61.6 Å². The number of phenolic OH excluding ortho intramolecular Hbond substituents is 1. The third-order valence-corrected chi connectivity index (χ3v) is 8.91. The average Bonchev–Trinajstić information content (AvgIpc) is 3.51. The highest BCUT2D eigenvalue weighted by atomic mass is 35.5. The molecule has 13 heteroatoms. The maximum Gasteiger partial charge on any atom is 0.349 e. The lowest BCUT2D eigenvalue weighted by Gasteiger charge is -2.30. The van der Waals surface area contributed by atoms with Gasteiger partial charge in [0.15, 0.2) is 16.8 Å². The van der Waals surface area contributed by atoms with Gasteiger partial charge in [-0.15, -0.1) is 10.2 Å². The van der Waals surface area contributed by atoms with E-state index in [1.807, 2.05) is 0 Å². The largest absolute Gasteiger partial charge is 0.508 e. The van der Waals surface area contributed by atoms with Gasteiger partial charge in [-0.2, -0.15) is 9.97 Å². The van der Waals surface area contributed by atoms with Gasteiger partial charge < -0.3 is 19.6 Å². The number of aromatic hydroxyl groups is 1. The van der Waals surface area contributed by atoms with Crippen molar-refractivity contribution in [1.29, 1.82) is 0 Å². The zero-order valence-corrected chi connectivity index (χ0v) is 24.6. The van der Waals surface area contributed by atoms with E-state index in [2.05, 4.69) is 30.4 Å². The zero-order chi connectivity index (χ0) is 30.7. The lowest BCUT2D eigenvalue weighted by Crippen LogP contribution is -2.43. The number of phenols is 1. The Morgan fingerprint density at radius 2 is 2.05 bits per heavy atom. The topological polar surface area (TPSA) is 126 Å². The monoisotopic (exact) mass is 620 g/mol. The highest BCUT2D eigenvalue weighted by Gasteiger charge is 2.49. The third-order valence-electron chi connectivity index (χ3n) is 8.54. The summed E-state index contributed by atoms with van der Waals surface area (Å²) >= 11 is 6.06. The molecule has 2 saturated heterocycles. The van der Waals surface area contributed by atoms with Crippen molar-refractivity contribution in [3.63, 3.8) is 0 Å². The second-order valence-corrected chi connectivity index (χ2v) is 11.8. The minimum absolute atomic E-state index is 0.00304. The number of hydrogen-bond acceptors (Lipinski definition) is 10. The van der Waals surface area contributed by atoms with Crippen LogP contribution in [0.25, 0.3) is 33.0 Å². The Morgan fingerprint density at radius 3 is 2.86 bits per heavy atom. The SMILES string of the molecule is Cc1cc(Nc2nc(OC[C@@]34CCCN3C[C@H](F)C4)nc3c(C)c(-c4cc(O)cc5cccc(F)c45)oc(=O)c23)nnc1Cl. The van der Waals surface area contributed by atoms with E-state index in [9.17, 15) is 14.3 Å². The molecule has 5 aromatic rings. The predicted molar refractivity (Wildman–Crippen MR) is 161 cm³/mol. The van der Waals surface area contributed by atoms with Crippen molar-refractivity contribution in [3.05, 3.63) is 68.9 Å². The normalized spacial score (nSPS) is 20.0. The number of alkyl halides is 1. The fraction of sp³-hybridized carbons (Fsp3) is 0.323.